The maximum Gasteiger partial charge on any atom is 0.435 e. The van der Waals surface area contributed by atoms with E-state index in [4.69, 9.17) is 4.65 Å². The van der Waals surface area contributed by atoms with E-state index in [-0.39, 0.29) is 18.6 Å². The van der Waals surface area contributed by atoms with Crippen molar-refractivity contribution in [2.24, 2.45) is 0 Å². The van der Waals surface area contributed by atoms with Crippen molar-refractivity contribution in [3.8, 4) is 0 Å². The summed E-state index contributed by atoms with van der Waals surface area (Å²) in [5, 5.41) is 12.0. The van der Waals surface area contributed by atoms with Crippen LogP contribution in [-0.2, 0) is 17.3 Å². The van der Waals surface area contributed by atoms with E-state index < -0.39 is 0 Å². The van der Waals surface area contributed by atoms with Crippen LogP contribution in [0.1, 0.15) is 38.8 Å². The van der Waals surface area contributed by atoms with Crippen molar-refractivity contribution in [3.05, 3.63) is 47.5 Å². The first-order valence-corrected chi connectivity index (χ1v) is 8.11. The molecule has 2 aromatic carbocycles. The minimum Gasteiger partial charge on any atom is -0.430 e. The van der Waals surface area contributed by atoms with Gasteiger partial charge in [0.2, 0.25) is 0 Å². The smallest absolute Gasteiger partial charge is 0.430 e. The molecule has 22 heavy (non-hydrogen) atoms. The average Bonchev–Trinajstić information content (AvgIpc) is 2.47. The molecule has 0 saturated heterocycles. The highest BCUT2D eigenvalue weighted by Crippen LogP contribution is 2.47. The van der Waals surface area contributed by atoms with Crippen LogP contribution in [0.25, 0.3) is 10.8 Å². The third-order valence-corrected chi connectivity index (χ3v) is 6.01. The molecule has 114 valence electrons. The quantitative estimate of drug-likeness (QED) is 0.876. The summed E-state index contributed by atoms with van der Waals surface area (Å²) >= 11 is 0. The van der Waals surface area contributed by atoms with Gasteiger partial charge in [0.05, 0.1) is 0 Å². The Morgan fingerprint density at radius 2 is 1.55 bits per heavy atom. The summed E-state index contributed by atoms with van der Waals surface area (Å²) in [4.78, 5) is 0. The third kappa shape index (κ3) is 2.39. The summed E-state index contributed by atoms with van der Waals surface area (Å²) < 4.78 is 5.66. The molecule has 2 aromatic rings. The fraction of sp³-hybridized carbons (Fsp3) is 0.444. The van der Waals surface area contributed by atoms with E-state index >= 15 is 0 Å². The summed E-state index contributed by atoms with van der Waals surface area (Å²) in [5.41, 5.74) is 2.52. The van der Waals surface area contributed by atoms with Crippen molar-refractivity contribution < 1.29 is 9.68 Å². The lowest BCUT2D eigenvalue weighted by Crippen LogP contribution is -2.50. The largest absolute Gasteiger partial charge is 0.435 e. The molecule has 1 heterocycles. The van der Waals surface area contributed by atoms with Crippen LogP contribution in [0.4, 0.5) is 0 Å². The summed E-state index contributed by atoms with van der Waals surface area (Å²) in [6.07, 6.45) is 2.14. The van der Waals surface area contributed by atoms with Gasteiger partial charge in [0.1, 0.15) is 0 Å². The Kier molecular flexibility index (Phi) is 3.86. The Labute approximate surface area is 134 Å². The van der Waals surface area contributed by atoms with E-state index in [0.717, 1.165) is 12.6 Å². The van der Waals surface area contributed by atoms with Crippen LogP contribution in [0.3, 0.4) is 0 Å². The maximum absolute atomic E-state index is 9.22. The number of rotatable bonds is 4. The molecule has 0 radical (unpaired) electrons. The van der Waals surface area contributed by atoms with Crippen molar-refractivity contribution in [2.75, 3.05) is 0 Å². The lowest BCUT2D eigenvalue weighted by atomic mass is 9.25. The van der Waals surface area contributed by atoms with Gasteiger partial charge < -0.3 is 9.68 Å². The summed E-state index contributed by atoms with van der Waals surface area (Å²) in [6.45, 7) is 9.20. The Balaban J connectivity index is 2.00. The molecular formula is C18H24B2O2. The van der Waals surface area contributed by atoms with Crippen LogP contribution in [-0.4, -0.2) is 25.0 Å². The third-order valence-electron chi connectivity index (χ3n) is 6.01. The van der Waals surface area contributed by atoms with E-state index in [1.807, 2.05) is 0 Å². The first-order chi connectivity index (χ1) is 10.4. The molecule has 1 aliphatic heterocycles. The van der Waals surface area contributed by atoms with Crippen LogP contribution in [0, 0.1) is 0 Å². The number of hydrogen-bond acceptors (Lipinski definition) is 2. The van der Waals surface area contributed by atoms with Gasteiger partial charge in [0, 0.05) is 5.60 Å². The van der Waals surface area contributed by atoms with Crippen LogP contribution >= 0.6 is 0 Å². The first kappa shape index (κ1) is 15.6. The van der Waals surface area contributed by atoms with Gasteiger partial charge in [-0.25, -0.2) is 0 Å². The van der Waals surface area contributed by atoms with Crippen molar-refractivity contribution in [2.45, 2.75) is 51.3 Å². The van der Waals surface area contributed by atoms with E-state index in [9.17, 15) is 5.02 Å². The van der Waals surface area contributed by atoms with Crippen LogP contribution in [0.15, 0.2) is 36.4 Å². The minimum absolute atomic E-state index is 0.0363. The van der Waals surface area contributed by atoms with E-state index in [1.165, 1.54) is 21.9 Å². The summed E-state index contributed by atoms with van der Waals surface area (Å²) in [6, 6.07) is 13.2. The standard InChI is InChI=1S/C18H24B2O2/c1-17(2,18(3,4)22-19-21)20-11-14-9-5-7-13-8-6-10-15(12-20)16(13)14/h5-10,19,21H,11-12H2,1-4H3. The summed E-state index contributed by atoms with van der Waals surface area (Å²) in [5.74, 6) is 0. The minimum atomic E-state index is -0.368. The molecule has 1 N–H and O–H groups in total. The maximum atomic E-state index is 9.22. The van der Waals surface area contributed by atoms with Crippen molar-refractivity contribution >= 4 is 25.2 Å². The molecule has 0 spiro atoms. The lowest BCUT2D eigenvalue weighted by molar-refractivity contribution is 0.0542. The average molecular weight is 294 g/mol. The predicted molar refractivity (Wildman–Crippen MR) is 95.7 cm³/mol. The molecule has 0 atom stereocenters. The molecular weight excluding hydrogens is 270 g/mol. The normalized spacial score (nSPS) is 15.2. The molecule has 0 fully saturated rings. The van der Waals surface area contributed by atoms with E-state index in [0.29, 0.717) is 6.71 Å². The molecule has 3 rings (SSSR count). The zero-order chi connectivity index (χ0) is 16.0. The van der Waals surface area contributed by atoms with Gasteiger partial charge in [0.25, 0.3) is 0 Å². The second-order valence-electron chi connectivity index (χ2n) is 7.54. The molecule has 0 saturated carbocycles. The fourth-order valence-corrected chi connectivity index (χ4v) is 3.79. The Morgan fingerprint density at radius 1 is 1.00 bits per heavy atom. The first-order valence-electron chi connectivity index (χ1n) is 8.11. The van der Waals surface area contributed by atoms with Gasteiger partial charge in [-0.2, -0.15) is 0 Å². The molecule has 2 nitrogen and oxygen atoms in total. The van der Waals surface area contributed by atoms with Crippen LogP contribution in [0.5, 0.6) is 0 Å². The molecule has 0 aromatic heterocycles. The molecule has 1 aliphatic rings. The monoisotopic (exact) mass is 294 g/mol. The highest BCUT2D eigenvalue weighted by Gasteiger charge is 2.46. The number of hydrogen-bond donors (Lipinski definition) is 1. The van der Waals surface area contributed by atoms with E-state index in [2.05, 4.69) is 64.1 Å². The zero-order valence-corrected chi connectivity index (χ0v) is 14.0. The highest BCUT2D eigenvalue weighted by atomic mass is 16.5. The zero-order valence-electron chi connectivity index (χ0n) is 14.0. The summed E-state index contributed by atoms with van der Waals surface area (Å²) in [7, 11) is -0.227. The second kappa shape index (κ2) is 5.43. The van der Waals surface area contributed by atoms with E-state index in [1.54, 1.807) is 0 Å². The van der Waals surface area contributed by atoms with Crippen molar-refractivity contribution in [1.29, 1.82) is 0 Å². The van der Waals surface area contributed by atoms with Gasteiger partial charge >= 0.3 is 7.69 Å². The number of benzene rings is 2. The Bertz CT molecular complexity index is 654. The highest BCUT2D eigenvalue weighted by molar-refractivity contribution is 6.62. The molecule has 0 bridgehead atoms. The van der Waals surface area contributed by atoms with Crippen LogP contribution < -0.4 is 0 Å². The topological polar surface area (TPSA) is 29.5 Å². The molecule has 4 heteroatoms. The Morgan fingerprint density at radius 3 is 2.05 bits per heavy atom. The second-order valence-corrected chi connectivity index (χ2v) is 7.54. The van der Waals surface area contributed by atoms with Gasteiger partial charge in [-0.3, -0.25) is 0 Å². The lowest BCUT2D eigenvalue weighted by Gasteiger charge is -2.47. The van der Waals surface area contributed by atoms with Crippen LogP contribution in [0.2, 0.25) is 5.31 Å². The van der Waals surface area contributed by atoms with Gasteiger partial charge in [0.15, 0.2) is 6.71 Å². The SMILES string of the molecule is CC(C)(OBO)C(C)(C)B1Cc2cccc3cccc(c23)C1. The molecule has 0 amide bonds. The van der Waals surface area contributed by atoms with Crippen molar-refractivity contribution in [3.63, 3.8) is 0 Å². The fourth-order valence-electron chi connectivity index (χ4n) is 3.79. The predicted octanol–water partition coefficient (Wildman–Crippen LogP) is 3.35. The van der Waals surface area contributed by atoms with Gasteiger partial charge in [-0.15, -0.1) is 0 Å². The van der Waals surface area contributed by atoms with Gasteiger partial charge in [-0.05, 0) is 53.7 Å². The molecule has 0 unspecified atom stereocenters. The molecule has 0 aliphatic carbocycles. The Hall–Kier alpha value is -1.25. The van der Waals surface area contributed by atoms with Crippen molar-refractivity contribution in [1.82, 2.24) is 0 Å². The van der Waals surface area contributed by atoms with Gasteiger partial charge in [-0.1, -0.05) is 50.2 Å².